The number of hydrogen-bond donors (Lipinski definition) is 12. The molecule has 6 aliphatic heterocycles. The molecule has 12 N–H and O–H groups in total. The lowest BCUT2D eigenvalue weighted by atomic mass is 10.0. The fraction of sp³-hybridized carbons (Fsp3) is 0.438. The number of amides is 6. The Morgan fingerprint density at radius 3 is 0.730 bits per heavy atom. The van der Waals surface area contributed by atoms with Gasteiger partial charge in [-0.15, -0.1) is 0 Å². The molecule has 6 atom stereocenters. The van der Waals surface area contributed by atoms with Crippen LogP contribution in [0.5, 0.6) is 0 Å². The van der Waals surface area contributed by atoms with Gasteiger partial charge in [0.15, 0.2) is 0 Å². The number of ether oxygens (including phenoxy) is 6. The van der Waals surface area contributed by atoms with E-state index in [1.165, 1.54) is 23.9 Å². The molecule has 0 radical (unpaired) electrons. The second-order valence-corrected chi connectivity index (χ2v) is 26.4. The first kappa shape index (κ1) is 34.9. The van der Waals surface area contributed by atoms with E-state index in [2.05, 4.69) is 58.3 Å². The second-order valence-electron chi connectivity index (χ2n) is 26.4. The third-order valence-corrected chi connectivity index (χ3v) is 16.4. The maximum absolute atomic E-state index is 11.6. The predicted molar refractivity (Wildman–Crippen MR) is 495 cm³/mol. The highest BCUT2D eigenvalue weighted by Crippen LogP contribution is 2.29. The number of nitrogens with zero attached hydrogens (tertiary/aromatic N) is 6. The van der Waals surface area contributed by atoms with E-state index < -0.39 is 468 Å². The summed E-state index contributed by atoms with van der Waals surface area (Å²) >= 11 is 0. The first-order valence-corrected chi connectivity index (χ1v) is 36.4. The van der Waals surface area contributed by atoms with Crippen LogP contribution in [-0.4, -0.2) is 295 Å². The van der Waals surface area contributed by atoms with Crippen molar-refractivity contribution >= 4 is 102 Å². The molecule has 0 unspecified atom stereocenters. The van der Waals surface area contributed by atoms with E-state index in [4.69, 9.17) is 107 Å². The SMILES string of the molecule is [2H]c1[nH]c2c([2H])c([2H])c(C([2H])([2H])[C@@H]3NC(=O)OC3([2H])[2H])c([2H])c2c1C([2H])([2H])CN(C([2H])([2H])[2H])C([2H])([2H])[2H].[2H]c1[nH]c2c([2H])c([2H])c(C([2H])([2H])[C@@H]3NC(=O)OC3([2H])[2H])c([2H])c2c1C([2H])([2H])CN(C)C.[2H]c1[nH]c2c([2H])c([2H])c(C([2H])([2H])[C@@H]3NC(=O)OC3([2H])[2H])c([2H])c2c1C([2H])([2H])CN(C)C([2H])([2H])[2H].[2H]c1[nH]c2c([2H])c([2H])c(C([2H])([2H])[C@@H]3NC(=O)OC3([2H])[2H])c([2H])c2c1CC([2H])([2H])N(C([2H])([2H])[2H])C([2H])([2H])[2H].[2H]c1[nH]c2c([2H])c([2H])c(C([2H])([2H])[C@@H]3NC(=O)OC3([2H])[2H])c([2H])c2c1CC([2H])([2H])N(C)C.[2H]c1[nH]c2c([2H])c([2H])c(C([2H])([2H])[C@@H]3NC(=O)OC3([2H])[2H])c([2H])c2c1CC([2H])([2H])N(C)C([2H])([2H])[2H]. The molecule has 12 heterocycles. The Kier molecular flexibility index (Phi) is 12.1. The number of fused-ring (bicyclic) bond motifs is 6. The van der Waals surface area contributed by atoms with Crippen LogP contribution in [0.15, 0.2) is 146 Å². The molecule has 6 saturated heterocycles. The van der Waals surface area contributed by atoms with Gasteiger partial charge in [0.1, 0.15) is 39.4 Å². The Hall–Kier alpha value is -12.1. The molecule has 6 aliphatic rings. The number of carbonyl (C=O) groups excluding carboxylic acids is 6. The minimum absolute atomic E-state index is 0.0268. The third-order valence-electron chi connectivity index (χ3n) is 16.4. The van der Waals surface area contributed by atoms with Gasteiger partial charge in [0, 0.05) is 199 Å². The zero-order valence-electron chi connectivity index (χ0n) is 144. The number of benzene rings is 6. The molecule has 6 fully saturated rings. The highest BCUT2D eigenvalue weighted by molar-refractivity contribution is 5.88. The second kappa shape index (κ2) is 43.7. The van der Waals surface area contributed by atoms with Gasteiger partial charge in [0.05, 0.1) is 85.6 Å². The zero-order valence-corrected chi connectivity index (χ0v) is 66.3. The Bertz CT molecular complexity index is 9710. The van der Waals surface area contributed by atoms with Crippen molar-refractivity contribution in [2.75, 3.05) is 163 Å². The molecule has 18 rings (SSSR count). The number of aryl methyl sites for hydroxylation is 3. The van der Waals surface area contributed by atoms with Gasteiger partial charge in [-0.05, 0) is 300 Å². The normalized spacial score (nSPS) is 31.6. The molecule has 126 heavy (non-hydrogen) atoms. The fourth-order valence-electron chi connectivity index (χ4n) is 10.8. The zero-order chi connectivity index (χ0) is 157. The number of nitrogens with one attached hydrogen (secondary N) is 12. The quantitative estimate of drug-likeness (QED) is 0.0186. The highest BCUT2D eigenvalue weighted by atomic mass is 16.6. The summed E-state index contributed by atoms with van der Waals surface area (Å²) in [6, 6.07) is -25.4. The number of carbonyl (C=O) groups is 6. The van der Waals surface area contributed by atoms with Gasteiger partial charge in [0.2, 0.25) is 0 Å². The van der Waals surface area contributed by atoms with Crippen molar-refractivity contribution < 1.29 is 164 Å². The largest absolute Gasteiger partial charge is 0.447 e. The Labute approximate surface area is 846 Å². The molecule has 12 aromatic rings. The summed E-state index contributed by atoms with van der Waals surface area (Å²) in [6.45, 7) is -46.0. The van der Waals surface area contributed by atoms with Gasteiger partial charge in [-0.1, -0.05) is 36.3 Å². The van der Waals surface area contributed by atoms with Crippen molar-refractivity contribution in [1.82, 2.24) is 91.2 Å². The van der Waals surface area contributed by atoms with Crippen LogP contribution in [-0.2, 0) is 105 Å². The lowest BCUT2D eigenvalue weighted by Gasteiger charge is -2.09. The summed E-state index contributed by atoms with van der Waals surface area (Å²) in [6.07, 6.45) is -38.2. The Morgan fingerprint density at radius 1 is 0.294 bits per heavy atom. The van der Waals surface area contributed by atoms with Crippen molar-refractivity contribution in [2.24, 2.45) is 0 Å². The van der Waals surface area contributed by atoms with Crippen molar-refractivity contribution in [1.29, 1.82) is 0 Å². The number of H-pyrrole nitrogens is 6. The van der Waals surface area contributed by atoms with Crippen LogP contribution in [0.1, 0.15) is 174 Å². The van der Waals surface area contributed by atoms with Gasteiger partial charge in [-0.3, -0.25) is 0 Å². The predicted octanol–water partition coefficient (Wildman–Crippen LogP) is 11.5. The fourth-order valence-corrected chi connectivity index (χ4v) is 10.8. The average molecular weight is 1800 g/mol. The van der Waals surface area contributed by atoms with Gasteiger partial charge in [-0.2, -0.15) is 0 Å². The molecule has 6 amide bonds. The van der Waals surface area contributed by atoms with Gasteiger partial charge in [0.25, 0.3) is 0 Å². The topological polar surface area (TPSA) is 344 Å². The molecule has 672 valence electrons. The first-order chi connectivity index (χ1) is 91.4. The van der Waals surface area contributed by atoms with E-state index in [1.807, 2.05) is 31.9 Å². The van der Waals surface area contributed by atoms with Gasteiger partial charge in [-0.25, -0.2) is 28.8 Å². The molecule has 30 nitrogen and oxygen atoms in total. The smallest absolute Gasteiger partial charge is 0.407 e. The Morgan fingerprint density at radius 2 is 0.508 bits per heavy atom. The molecular formula is C96H126N18O12. The van der Waals surface area contributed by atoms with Gasteiger partial charge >= 0.3 is 36.6 Å². The molecular weight excluding hydrogens is 1600 g/mol. The molecule has 0 spiro atoms. The van der Waals surface area contributed by atoms with Crippen LogP contribution in [0.3, 0.4) is 0 Å². The minimum atomic E-state index is -3.45. The lowest BCUT2D eigenvalue weighted by Crippen LogP contribution is -2.28. The lowest BCUT2D eigenvalue weighted by molar-refractivity contribution is 0.176. The van der Waals surface area contributed by atoms with Crippen LogP contribution < -0.4 is 31.9 Å². The number of cyclic esters (lactones) is 6. The number of alkyl carbamates (subject to hydrolysis) is 6. The van der Waals surface area contributed by atoms with Crippen LogP contribution in [0.25, 0.3) is 65.4 Å². The summed E-state index contributed by atoms with van der Waals surface area (Å²) in [5, 5.41) is 9.77. The number of hydrogen-bond acceptors (Lipinski definition) is 18. The van der Waals surface area contributed by atoms with E-state index in [0.29, 0.717) is 4.90 Å². The van der Waals surface area contributed by atoms with E-state index in [0.717, 1.165) is 19.0 Å². The summed E-state index contributed by atoms with van der Waals surface area (Å²) in [7, 11) is 8.37. The first-order valence-electron chi connectivity index (χ1n) is 75.4. The van der Waals surface area contributed by atoms with Crippen LogP contribution in [0.2, 0.25) is 0 Å². The highest BCUT2D eigenvalue weighted by Gasteiger charge is 2.29. The monoisotopic (exact) mass is 1800 g/mol. The van der Waals surface area contributed by atoms with Crippen LogP contribution in [0.4, 0.5) is 28.8 Å². The molecule has 0 aliphatic carbocycles. The molecule has 6 aromatic heterocycles. The number of aromatic amines is 6. The van der Waals surface area contributed by atoms with Crippen molar-refractivity contribution in [3.63, 3.8) is 0 Å². The maximum atomic E-state index is 11.6. The van der Waals surface area contributed by atoms with E-state index in [-0.39, 0.29) is 89.4 Å². The van der Waals surface area contributed by atoms with Crippen molar-refractivity contribution in [2.45, 2.75) is 113 Å². The molecule has 0 saturated carbocycles. The number of rotatable bonds is 30. The summed E-state index contributed by atoms with van der Waals surface area (Å²) in [5.74, 6) is 0. The third kappa shape index (κ3) is 26.5. The minimum Gasteiger partial charge on any atom is -0.447 e. The van der Waals surface area contributed by atoms with Crippen molar-refractivity contribution in [3.05, 3.63) is 213 Å². The van der Waals surface area contributed by atoms with Gasteiger partial charge < -0.3 is 120 Å². The summed E-state index contributed by atoms with van der Waals surface area (Å²) in [5.41, 5.74) is -8.52. The van der Waals surface area contributed by atoms with E-state index in [9.17, 15) is 28.8 Å². The average Bonchev–Trinajstić information content (AvgIpc) is 1.56. The van der Waals surface area contributed by atoms with Crippen LogP contribution in [0, 0.1) is 0 Å². The maximum Gasteiger partial charge on any atom is 0.407 e. The number of aromatic nitrogens is 6. The standard InChI is InChI=1S/6C16H21N3O2/c6*1-19(2)6-5-12-9-17-15-4-3-11(8-14(12)15)7-13-10-21-16(20)18-13/h6*3-4,8-9,13,17H,5-7,10H2,1-2H3,(H,18,20)/t6*13-/m000000/s1/i1D3,2D3,3D,4D,6D2,7D2,8D,9D,10D2;1D3,2D3,3D,4D,5D2,7D2,8D,9D,10D2;1D3,3D,4D,6D2,7D2,8D,9D,10D2;1D3,3D,4D,5D2,7D2,8D,9D,10D2;3D,4D,6D2,7D2,8D,9D,10D2;3D,4D,5D2,7D2,8D,9D,10D2. The van der Waals surface area contributed by atoms with E-state index in [1.54, 1.807) is 14.1 Å². The summed E-state index contributed by atoms with van der Waals surface area (Å²) in [4.78, 5) is 87.6. The van der Waals surface area contributed by atoms with E-state index >= 15 is 0 Å². The molecule has 30 heteroatoms. The van der Waals surface area contributed by atoms with Crippen molar-refractivity contribution in [3.8, 4) is 0 Å². The molecule has 0 bridgehead atoms. The van der Waals surface area contributed by atoms with Crippen LogP contribution >= 0.6 is 0 Å². The molecule has 6 aromatic carbocycles. The number of likely N-dealkylation sites (N-methyl/N-ethyl adjacent to an activating group) is 6. The summed E-state index contributed by atoms with van der Waals surface area (Å²) < 4.78 is 656. The Balaban J connectivity index is 0.000000196.